The van der Waals surface area contributed by atoms with Gasteiger partial charge in [-0.15, -0.1) is 0 Å². The number of rotatable bonds is 0. The maximum atomic E-state index is 13.3. The number of ketones is 1. The highest BCUT2D eigenvalue weighted by atomic mass is 19.3. The number of para-hydroxylation sites is 1. The van der Waals surface area contributed by atoms with Crippen LogP contribution in [-0.4, -0.2) is 28.5 Å². The van der Waals surface area contributed by atoms with Crippen LogP contribution >= 0.6 is 0 Å². The van der Waals surface area contributed by atoms with Crippen molar-refractivity contribution in [3.05, 3.63) is 58.4 Å². The fourth-order valence-corrected chi connectivity index (χ4v) is 5.68. The summed E-state index contributed by atoms with van der Waals surface area (Å²) in [5.41, 5.74) is 5.36. The molecule has 1 saturated carbocycles. The highest BCUT2D eigenvalue weighted by Crippen LogP contribution is 2.56. The van der Waals surface area contributed by atoms with Gasteiger partial charge in [0.05, 0.1) is 18.2 Å². The summed E-state index contributed by atoms with van der Waals surface area (Å²) in [5.74, 6) is -1.08. The lowest BCUT2D eigenvalue weighted by Gasteiger charge is -2.47. The molecule has 2 heterocycles. The van der Waals surface area contributed by atoms with Gasteiger partial charge in [0, 0.05) is 48.1 Å². The molecule has 3 aliphatic carbocycles. The normalized spacial score (nSPS) is 27.2. The second-order valence-electron chi connectivity index (χ2n) is 10.1. The average molecular weight is 427 g/mol. The van der Waals surface area contributed by atoms with Crippen molar-refractivity contribution in [2.24, 2.45) is 5.41 Å². The van der Waals surface area contributed by atoms with Crippen molar-refractivity contribution < 1.29 is 18.3 Å². The molecule has 2 aromatic rings. The zero-order valence-corrected chi connectivity index (χ0v) is 18.1. The molecule has 31 heavy (non-hydrogen) atoms. The summed E-state index contributed by atoms with van der Waals surface area (Å²) in [6, 6.07) is 8.18. The first-order chi connectivity index (χ1) is 14.7. The number of ether oxygens (including phenoxy) is 1. The molecule has 0 bridgehead atoms. The fraction of sp³-hybridized carbons (Fsp3) is 0.520. The van der Waals surface area contributed by atoms with Gasteiger partial charge in [0.2, 0.25) is 5.92 Å². The molecule has 1 atom stereocenters. The van der Waals surface area contributed by atoms with Crippen LogP contribution in [0.15, 0.2) is 41.6 Å². The van der Waals surface area contributed by atoms with Crippen molar-refractivity contribution in [3.8, 4) is 5.75 Å². The summed E-state index contributed by atoms with van der Waals surface area (Å²) in [7, 11) is 0. The number of alkyl halides is 2. The summed E-state index contributed by atoms with van der Waals surface area (Å²) < 4.78 is 29.0. The van der Waals surface area contributed by atoms with Gasteiger partial charge in [-0.2, -0.15) is 5.10 Å². The second kappa shape index (κ2) is 7.01. The highest BCUT2D eigenvalue weighted by molar-refractivity contribution is 6.02. The van der Waals surface area contributed by atoms with Crippen LogP contribution in [0.3, 0.4) is 0 Å². The standard InChI is InChI=1S/C21H22N2O2.C4H6F2/c1-20(2)10-13-9-16-15(12-22-23-16)21(19(13)17(24)11-20)7-8-25-18-6-4-3-5-14(18)21;5-4(6)2-1-3-4/h3-6,12H,7-11H2,1-2H3,(H,22,23);1-3H2/t21-;/m0./s1. The van der Waals surface area contributed by atoms with Crippen LogP contribution in [0.2, 0.25) is 0 Å². The molecule has 4 nitrogen and oxygen atoms in total. The van der Waals surface area contributed by atoms with E-state index in [0.29, 0.717) is 25.2 Å². The Morgan fingerprint density at radius 1 is 1.06 bits per heavy atom. The molecule has 1 fully saturated rings. The highest BCUT2D eigenvalue weighted by Gasteiger charge is 2.52. The maximum Gasteiger partial charge on any atom is 0.248 e. The van der Waals surface area contributed by atoms with Crippen molar-refractivity contribution in [1.82, 2.24) is 10.2 Å². The predicted molar refractivity (Wildman–Crippen MR) is 113 cm³/mol. The molecule has 0 saturated heterocycles. The van der Waals surface area contributed by atoms with Crippen LogP contribution in [0.1, 0.15) is 69.2 Å². The molecule has 1 spiro atoms. The number of H-pyrrole nitrogens is 1. The molecule has 1 N–H and O–H groups in total. The molecule has 6 rings (SSSR count). The number of halogens is 2. The quantitative estimate of drug-likeness (QED) is 0.603. The summed E-state index contributed by atoms with van der Waals surface area (Å²) >= 11 is 0. The lowest BCUT2D eigenvalue weighted by Crippen LogP contribution is -2.45. The van der Waals surface area contributed by atoms with Crippen LogP contribution in [-0.2, 0) is 16.6 Å². The Kier molecular flexibility index (Phi) is 4.61. The number of carbonyl (C=O) groups is 1. The third-order valence-electron chi connectivity index (χ3n) is 7.12. The fourth-order valence-electron chi connectivity index (χ4n) is 5.68. The minimum Gasteiger partial charge on any atom is -0.493 e. The Morgan fingerprint density at radius 3 is 2.52 bits per heavy atom. The number of hydrogen-bond acceptors (Lipinski definition) is 3. The minimum absolute atomic E-state index is 0.0271. The van der Waals surface area contributed by atoms with Gasteiger partial charge < -0.3 is 4.74 Å². The van der Waals surface area contributed by atoms with E-state index in [9.17, 15) is 13.6 Å². The van der Waals surface area contributed by atoms with Crippen LogP contribution in [0.4, 0.5) is 8.78 Å². The number of nitrogens with zero attached hydrogens (tertiary/aromatic N) is 1. The molecule has 1 aromatic heterocycles. The summed E-state index contributed by atoms with van der Waals surface area (Å²) in [6.45, 7) is 5.01. The Hall–Kier alpha value is -2.50. The molecule has 0 radical (unpaired) electrons. The van der Waals surface area contributed by atoms with Crippen LogP contribution < -0.4 is 4.74 Å². The van der Waals surface area contributed by atoms with E-state index < -0.39 is 11.3 Å². The minimum atomic E-state index is -2.28. The van der Waals surface area contributed by atoms with E-state index in [1.54, 1.807) is 0 Å². The number of aromatic nitrogens is 2. The average Bonchev–Trinajstić information content (AvgIpc) is 3.15. The molecule has 6 heteroatoms. The Bertz CT molecular complexity index is 1060. The number of allylic oxidation sites excluding steroid dienone is 2. The monoisotopic (exact) mass is 426 g/mol. The molecular weight excluding hydrogens is 398 g/mol. The number of aromatic amines is 1. The Balaban J connectivity index is 0.000000296. The zero-order chi connectivity index (χ0) is 21.9. The SMILES string of the molecule is CC1(C)CC(=O)C2=C(Cc3[nH]ncc3[C@@]23CCOc2ccccc23)C1.FC1(F)CCC1. The lowest BCUT2D eigenvalue weighted by molar-refractivity contribution is -0.118. The van der Waals surface area contributed by atoms with E-state index in [1.165, 1.54) is 5.57 Å². The first-order valence-electron chi connectivity index (χ1n) is 11.1. The topological polar surface area (TPSA) is 55.0 Å². The largest absolute Gasteiger partial charge is 0.493 e. The summed E-state index contributed by atoms with van der Waals surface area (Å²) in [5, 5.41) is 7.54. The molecule has 4 aliphatic rings. The van der Waals surface area contributed by atoms with Gasteiger partial charge in [-0.3, -0.25) is 9.89 Å². The molecule has 1 aliphatic heterocycles. The Labute approximate surface area is 181 Å². The molecule has 0 unspecified atom stereocenters. The van der Waals surface area contributed by atoms with Gasteiger partial charge in [0.1, 0.15) is 5.75 Å². The van der Waals surface area contributed by atoms with Gasteiger partial charge in [-0.1, -0.05) is 37.6 Å². The summed E-state index contributed by atoms with van der Waals surface area (Å²) in [6.07, 6.45) is 6.06. The summed E-state index contributed by atoms with van der Waals surface area (Å²) in [4.78, 5) is 13.3. The van der Waals surface area contributed by atoms with E-state index in [-0.39, 0.29) is 18.3 Å². The number of fused-ring (bicyclic) bond motifs is 5. The van der Waals surface area contributed by atoms with Gasteiger partial charge in [0.25, 0.3) is 0 Å². The maximum absolute atomic E-state index is 13.3. The van der Waals surface area contributed by atoms with E-state index in [4.69, 9.17) is 4.74 Å². The lowest BCUT2D eigenvalue weighted by atomic mass is 9.56. The number of Topliss-reactive ketones (excluding diaryl/α,β-unsaturated/α-hetero) is 1. The van der Waals surface area contributed by atoms with E-state index in [2.05, 4.69) is 30.1 Å². The smallest absolute Gasteiger partial charge is 0.248 e. The van der Waals surface area contributed by atoms with E-state index >= 15 is 0 Å². The first kappa shape index (κ1) is 20.4. The first-order valence-corrected chi connectivity index (χ1v) is 11.1. The zero-order valence-electron chi connectivity index (χ0n) is 18.1. The third kappa shape index (κ3) is 3.31. The molecule has 1 aromatic carbocycles. The molecular formula is C25H28F2N2O2. The van der Waals surface area contributed by atoms with Gasteiger partial charge >= 0.3 is 0 Å². The predicted octanol–water partition coefficient (Wildman–Crippen LogP) is 5.53. The number of hydrogen-bond donors (Lipinski definition) is 1. The third-order valence-corrected chi connectivity index (χ3v) is 7.12. The van der Waals surface area contributed by atoms with Crippen molar-refractivity contribution in [3.63, 3.8) is 0 Å². The molecule has 164 valence electrons. The Morgan fingerprint density at radius 2 is 1.81 bits per heavy atom. The second-order valence-corrected chi connectivity index (χ2v) is 10.1. The van der Waals surface area contributed by atoms with Crippen molar-refractivity contribution in [1.29, 1.82) is 0 Å². The van der Waals surface area contributed by atoms with E-state index in [0.717, 1.165) is 47.4 Å². The van der Waals surface area contributed by atoms with Crippen molar-refractivity contribution in [2.45, 2.75) is 70.1 Å². The molecule has 0 amide bonds. The number of benzene rings is 1. The van der Waals surface area contributed by atoms with Crippen LogP contribution in [0.25, 0.3) is 0 Å². The van der Waals surface area contributed by atoms with Gasteiger partial charge in [0.15, 0.2) is 5.78 Å². The number of nitrogens with one attached hydrogen (secondary N) is 1. The van der Waals surface area contributed by atoms with Crippen LogP contribution in [0.5, 0.6) is 5.75 Å². The van der Waals surface area contributed by atoms with Crippen LogP contribution in [0, 0.1) is 5.41 Å². The number of carbonyl (C=O) groups excluding carboxylic acids is 1. The van der Waals surface area contributed by atoms with E-state index in [1.807, 2.05) is 24.4 Å². The van der Waals surface area contributed by atoms with Gasteiger partial charge in [-0.05, 0) is 30.7 Å². The van der Waals surface area contributed by atoms with Gasteiger partial charge in [-0.25, -0.2) is 8.78 Å². The van der Waals surface area contributed by atoms with Crippen molar-refractivity contribution in [2.75, 3.05) is 6.61 Å². The van der Waals surface area contributed by atoms with Crippen molar-refractivity contribution >= 4 is 5.78 Å².